The smallest absolute Gasteiger partial charge is 0.234 e. The minimum absolute atomic E-state index is 0.208. The highest BCUT2D eigenvalue weighted by atomic mass is 16.1. The second-order valence-electron chi connectivity index (χ2n) is 6.24. The molecule has 0 saturated heterocycles. The second-order valence-corrected chi connectivity index (χ2v) is 6.24. The molecule has 0 rings (SSSR count). The van der Waals surface area contributed by atoms with Crippen LogP contribution in [0.4, 0.5) is 0 Å². The monoisotopic (exact) mass is 271 g/mol. The Hall–Kier alpha value is -0.610. The predicted molar refractivity (Wildman–Crippen MR) is 82.0 cm³/mol. The summed E-state index contributed by atoms with van der Waals surface area (Å²) in [4.78, 5) is 13.7. The SMILES string of the molecule is CNC(CCN(CCC(C)C)CCC(C)C)C(N)=O. The minimum Gasteiger partial charge on any atom is -0.368 e. The van der Waals surface area contributed by atoms with Gasteiger partial charge in [0.05, 0.1) is 6.04 Å². The van der Waals surface area contributed by atoms with E-state index in [0.717, 1.165) is 37.9 Å². The second kappa shape index (κ2) is 10.2. The summed E-state index contributed by atoms with van der Waals surface area (Å²) in [7, 11) is 1.79. The first-order valence-corrected chi connectivity index (χ1v) is 7.55. The van der Waals surface area contributed by atoms with Gasteiger partial charge in [0.1, 0.15) is 0 Å². The van der Waals surface area contributed by atoms with Crippen LogP contribution in [0.5, 0.6) is 0 Å². The highest BCUT2D eigenvalue weighted by Gasteiger charge is 2.15. The number of rotatable bonds is 11. The normalized spacial score (nSPS) is 13.5. The van der Waals surface area contributed by atoms with Crippen molar-refractivity contribution in [3.05, 3.63) is 0 Å². The molecule has 0 aromatic carbocycles. The zero-order valence-electron chi connectivity index (χ0n) is 13.4. The summed E-state index contributed by atoms with van der Waals surface area (Å²) < 4.78 is 0. The number of nitrogens with one attached hydrogen (secondary N) is 1. The molecule has 0 aromatic heterocycles. The highest BCUT2D eigenvalue weighted by Crippen LogP contribution is 2.08. The Labute approximate surface area is 119 Å². The number of hydrogen-bond donors (Lipinski definition) is 2. The lowest BCUT2D eigenvalue weighted by atomic mass is 10.1. The standard InChI is InChI=1S/C15H33N3O/c1-12(2)6-9-18(10-7-13(3)4)11-8-14(17-5)15(16)19/h12-14,17H,6-11H2,1-5H3,(H2,16,19). The summed E-state index contributed by atoms with van der Waals surface area (Å²) in [5.41, 5.74) is 5.36. The zero-order chi connectivity index (χ0) is 14.8. The van der Waals surface area contributed by atoms with Crippen LogP contribution in [0.25, 0.3) is 0 Å². The van der Waals surface area contributed by atoms with Crippen LogP contribution in [0.2, 0.25) is 0 Å². The van der Waals surface area contributed by atoms with Crippen LogP contribution in [0, 0.1) is 11.8 Å². The van der Waals surface area contributed by atoms with Crippen molar-refractivity contribution in [1.82, 2.24) is 10.2 Å². The fraction of sp³-hybridized carbons (Fsp3) is 0.933. The van der Waals surface area contributed by atoms with Crippen molar-refractivity contribution in [3.63, 3.8) is 0 Å². The van der Waals surface area contributed by atoms with Crippen molar-refractivity contribution < 1.29 is 4.79 Å². The Kier molecular flexibility index (Phi) is 9.88. The average molecular weight is 271 g/mol. The van der Waals surface area contributed by atoms with Gasteiger partial charge in [-0.05, 0) is 51.2 Å². The Balaban J connectivity index is 4.19. The average Bonchev–Trinajstić information content (AvgIpc) is 2.31. The first kappa shape index (κ1) is 18.4. The van der Waals surface area contributed by atoms with Crippen molar-refractivity contribution in [2.24, 2.45) is 17.6 Å². The van der Waals surface area contributed by atoms with E-state index in [1.807, 2.05) is 0 Å². The van der Waals surface area contributed by atoms with E-state index in [2.05, 4.69) is 37.9 Å². The molecule has 0 fully saturated rings. The molecule has 0 aromatic rings. The molecule has 4 nitrogen and oxygen atoms in total. The van der Waals surface area contributed by atoms with Gasteiger partial charge >= 0.3 is 0 Å². The van der Waals surface area contributed by atoms with Crippen LogP contribution in [-0.2, 0) is 4.79 Å². The third kappa shape index (κ3) is 9.91. The molecule has 0 aliphatic heterocycles. The number of amides is 1. The quantitative estimate of drug-likeness (QED) is 0.603. The number of likely N-dealkylation sites (N-methyl/N-ethyl adjacent to an activating group) is 1. The first-order chi connectivity index (χ1) is 8.86. The predicted octanol–water partition coefficient (Wildman–Crippen LogP) is 1.84. The van der Waals surface area contributed by atoms with Crippen molar-refractivity contribution >= 4 is 5.91 Å². The summed E-state index contributed by atoms with van der Waals surface area (Å²) >= 11 is 0. The van der Waals surface area contributed by atoms with E-state index in [1.165, 1.54) is 12.8 Å². The third-order valence-electron chi connectivity index (χ3n) is 3.47. The van der Waals surface area contributed by atoms with E-state index < -0.39 is 0 Å². The van der Waals surface area contributed by atoms with Crippen LogP contribution >= 0.6 is 0 Å². The van der Waals surface area contributed by atoms with Gasteiger partial charge < -0.3 is 16.0 Å². The summed E-state index contributed by atoms with van der Waals surface area (Å²) in [6.07, 6.45) is 3.21. The lowest BCUT2D eigenvalue weighted by Gasteiger charge is -2.25. The lowest BCUT2D eigenvalue weighted by molar-refractivity contribution is -0.120. The molecule has 0 spiro atoms. The topological polar surface area (TPSA) is 58.4 Å². The summed E-state index contributed by atoms with van der Waals surface area (Å²) in [6, 6.07) is -0.208. The van der Waals surface area contributed by atoms with Crippen molar-refractivity contribution in [3.8, 4) is 0 Å². The first-order valence-electron chi connectivity index (χ1n) is 7.55. The van der Waals surface area contributed by atoms with Crippen molar-refractivity contribution in [1.29, 1.82) is 0 Å². The van der Waals surface area contributed by atoms with Crippen LogP contribution in [0.1, 0.15) is 47.0 Å². The molecular weight excluding hydrogens is 238 g/mol. The molecule has 0 bridgehead atoms. The molecular formula is C15H33N3O. The summed E-state index contributed by atoms with van der Waals surface area (Å²) in [6.45, 7) is 12.2. The molecule has 0 heterocycles. The van der Waals surface area contributed by atoms with Crippen LogP contribution < -0.4 is 11.1 Å². The number of nitrogens with two attached hydrogens (primary N) is 1. The van der Waals surface area contributed by atoms with E-state index in [-0.39, 0.29) is 11.9 Å². The molecule has 1 atom stereocenters. The van der Waals surface area contributed by atoms with Gasteiger partial charge in [-0.1, -0.05) is 27.7 Å². The fourth-order valence-corrected chi connectivity index (χ4v) is 1.96. The molecule has 0 aliphatic rings. The molecule has 3 N–H and O–H groups in total. The Bertz CT molecular complexity index is 230. The Morgan fingerprint density at radius 2 is 1.42 bits per heavy atom. The molecule has 1 unspecified atom stereocenters. The molecule has 0 saturated carbocycles. The van der Waals surface area contributed by atoms with Gasteiger partial charge in [0.2, 0.25) is 5.91 Å². The van der Waals surface area contributed by atoms with Gasteiger partial charge in [-0.25, -0.2) is 0 Å². The van der Waals surface area contributed by atoms with Gasteiger partial charge in [0.15, 0.2) is 0 Å². The maximum Gasteiger partial charge on any atom is 0.234 e. The van der Waals surface area contributed by atoms with Gasteiger partial charge in [-0.2, -0.15) is 0 Å². The molecule has 19 heavy (non-hydrogen) atoms. The van der Waals surface area contributed by atoms with Gasteiger partial charge in [0, 0.05) is 6.54 Å². The van der Waals surface area contributed by atoms with E-state index in [0.29, 0.717) is 0 Å². The van der Waals surface area contributed by atoms with Crippen molar-refractivity contribution in [2.45, 2.75) is 53.0 Å². The number of hydrogen-bond acceptors (Lipinski definition) is 3. The van der Waals surface area contributed by atoms with Crippen LogP contribution in [-0.4, -0.2) is 43.5 Å². The molecule has 0 aliphatic carbocycles. The van der Waals surface area contributed by atoms with Crippen LogP contribution in [0.15, 0.2) is 0 Å². The van der Waals surface area contributed by atoms with Crippen LogP contribution in [0.3, 0.4) is 0 Å². The van der Waals surface area contributed by atoms with Gasteiger partial charge in [-0.15, -0.1) is 0 Å². The number of carbonyl (C=O) groups is 1. The third-order valence-corrected chi connectivity index (χ3v) is 3.47. The fourth-order valence-electron chi connectivity index (χ4n) is 1.96. The van der Waals surface area contributed by atoms with Gasteiger partial charge in [0.25, 0.3) is 0 Å². The largest absolute Gasteiger partial charge is 0.368 e. The number of carbonyl (C=O) groups excluding carboxylic acids is 1. The van der Waals surface area contributed by atoms with E-state index in [1.54, 1.807) is 7.05 Å². The molecule has 1 amide bonds. The summed E-state index contributed by atoms with van der Waals surface area (Å²) in [5, 5.41) is 2.99. The highest BCUT2D eigenvalue weighted by molar-refractivity contribution is 5.79. The number of primary amides is 1. The molecule has 0 radical (unpaired) electrons. The van der Waals surface area contributed by atoms with E-state index in [4.69, 9.17) is 5.73 Å². The Morgan fingerprint density at radius 1 is 1.00 bits per heavy atom. The van der Waals surface area contributed by atoms with Gasteiger partial charge in [-0.3, -0.25) is 4.79 Å². The summed E-state index contributed by atoms with van der Waals surface area (Å²) in [5.74, 6) is 1.19. The van der Waals surface area contributed by atoms with E-state index in [9.17, 15) is 4.79 Å². The maximum atomic E-state index is 11.2. The maximum absolute atomic E-state index is 11.2. The Morgan fingerprint density at radius 3 is 1.74 bits per heavy atom. The number of nitrogens with zero attached hydrogens (tertiary/aromatic N) is 1. The lowest BCUT2D eigenvalue weighted by Crippen LogP contribution is -2.42. The van der Waals surface area contributed by atoms with E-state index >= 15 is 0 Å². The van der Waals surface area contributed by atoms with Crippen molar-refractivity contribution in [2.75, 3.05) is 26.7 Å². The minimum atomic E-state index is -0.254. The molecule has 4 heteroatoms. The molecule has 114 valence electrons. The zero-order valence-corrected chi connectivity index (χ0v) is 13.4.